The molecule has 1 atom stereocenters. The molecule has 0 saturated heterocycles. The van der Waals surface area contributed by atoms with Crippen LogP contribution in [0.25, 0.3) is 0 Å². The minimum absolute atomic E-state index is 0.137. The van der Waals surface area contributed by atoms with Crippen molar-refractivity contribution in [3.8, 4) is 11.5 Å². The molecule has 2 aromatic carbocycles. The molecule has 0 radical (unpaired) electrons. The Balaban J connectivity index is 1.56. The van der Waals surface area contributed by atoms with Gasteiger partial charge < -0.3 is 19.5 Å². The molecule has 23 heavy (non-hydrogen) atoms. The lowest BCUT2D eigenvalue weighted by Crippen LogP contribution is -2.43. The molecule has 1 heterocycles. The van der Waals surface area contributed by atoms with Crippen LogP contribution in [-0.4, -0.2) is 25.9 Å². The first-order valence-corrected chi connectivity index (χ1v) is 7.52. The van der Waals surface area contributed by atoms with Crippen molar-refractivity contribution in [3.05, 3.63) is 59.7 Å². The number of benzene rings is 2. The largest absolute Gasteiger partial charge is 0.496 e. The highest BCUT2D eigenvalue weighted by atomic mass is 16.5. The fourth-order valence-electron chi connectivity index (χ4n) is 2.59. The van der Waals surface area contributed by atoms with Crippen molar-refractivity contribution in [1.29, 1.82) is 0 Å². The molecule has 1 aliphatic heterocycles. The van der Waals surface area contributed by atoms with E-state index < -0.39 is 6.09 Å². The number of methoxy groups -OCH3 is 1. The second-order valence-electron chi connectivity index (χ2n) is 5.36. The van der Waals surface area contributed by atoms with Crippen LogP contribution < -0.4 is 14.8 Å². The van der Waals surface area contributed by atoms with Crippen molar-refractivity contribution in [2.45, 2.75) is 19.1 Å². The van der Waals surface area contributed by atoms with Crippen LogP contribution in [0.15, 0.2) is 48.5 Å². The van der Waals surface area contributed by atoms with E-state index in [1.54, 1.807) is 7.11 Å². The van der Waals surface area contributed by atoms with E-state index in [1.807, 2.05) is 48.5 Å². The average Bonchev–Trinajstić information content (AvgIpc) is 2.60. The van der Waals surface area contributed by atoms with E-state index in [0.717, 1.165) is 22.6 Å². The summed E-state index contributed by atoms with van der Waals surface area (Å²) in [5.41, 5.74) is 1.92. The van der Waals surface area contributed by atoms with Crippen LogP contribution in [0.1, 0.15) is 11.1 Å². The lowest BCUT2D eigenvalue weighted by molar-refractivity contribution is 0.128. The lowest BCUT2D eigenvalue weighted by Gasteiger charge is -2.27. The molecule has 2 aromatic rings. The van der Waals surface area contributed by atoms with E-state index in [-0.39, 0.29) is 12.6 Å². The zero-order chi connectivity index (χ0) is 16.1. The summed E-state index contributed by atoms with van der Waals surface area (Å²) in [6.45, 7) is 0.667. The quantitative estimate of drug-likeness (QED) is 0.943. The number of carbonyl (C=O) groups is 1. The van der Waals surface area contributed by atoms with Crippen molar-refractivity contribution < 1.29 is 19.0 Å². The first-order chi connectivity index (χ1) is 11.3. The summed E-state index contributed by atoms with van der Waals surface area (Å²) >= 11 is 0. The van der Waals surface area contributed by atoms with Gasteiger partial charge in [-0.1, -0.05) is 36.4 Å². The van der Waals surface area contributed by atoms with Gasteiger partial charge in [0.15, 0.2) is 0 Å². The van der Waals surface area contributed by atoms with Crippen LogP contribution >= 0.6 is 0 Å². The van der Waals surface area contributed by atoms with E-state index in [4.69, 9.17) is 14.2 Å². The molecule has 0 spiro atoms. The maximum Gasteiger partial charge on any atom is 0.407 e. The topological polar surface area (TPSA) is 56.8 Å². The number of nitrogens with one attached hydrogen (secondary N) is 1. The predicted molar refractivity (Wildman–Crippen MR) is 85.7 cm³/mol. The molecule has 0 bridgehead atoms. The number of carbonyl (C=O) groups excluding carboxylic acids is 1. The summed E-state index contributed by atoms with van der Waals surface area (Å²) in [7, 11) is 1.63. The van der Waals surface area contributed by atoms with Crippen LogP contribution in [0.4, 0.5) is 4.79 Å². The standard InChI is InChI=1S/C18H19NO4/c1-21-16-8-5-9-17-15(16)10-14(12-22-17)19-18(20)23-11-13-6-3-2-4-7-13/h2-9,14H,10-12H2,1H3,(H,19,20)/t14-/m1/s1. The second-order valence-corrected chi connectivity index (χ2v) is 5.36. The van der Waals surface area contributed by atoms with Crippen molar-refractivity contribution in [3.63, 3.8) is 0 Å². The van der Waals surface area contributed by atoms with Crippen LogP contribution in [-0.2, 0) is 17.8 Å². The Morgan fingerprint density at radius 1 is 1.22 bits per heavy atom. The van der Waals surface area contributed by atoms with Crippen molar-refractivity contribution >= 4 is 6.09 Å². The monoisotopic (exact) mass is 313 g/mol. The first-order valence-electron chi connectivity index (χ1n) is 7.52. The zero-order valence-corrected chi connectivity index (χ0v) is 13.0. The molecule has 0 aliphatic carbocycles. The highest BCUT2D eigenvalue weighted by molar-refractivity contribution is 5.68. The predicted octanol–water partition coefficient (Wildman–Crippen LogP) is 2.93. The Morgan fingerprint density at radius 2 is 2.04 bits per heavy atom. The fraction of sp³-hybridized carbons (Fsp3) is 0.278. The average molecular weight is 313 g/mol. The molecule has 1 amide bonds. The molecule has 5 heteroatoms. The third kappa shape index (κ3) is 3.74. The second kappa shape index (κ2) is 7.05. The molecule has 1 N–H and O–H groups in total. The summed E-state index contributed by atoms with van der Waals surface area (Å²) in [5, 5.41) is 2.84. The van der Waals surface area contributed by atoms with E-state index in [9.17, 15) is 4.79 Å². The van der Waals surface area contributed by atoms with Crippen molar-refractivity contribution in [1.82, 2.24) is 5.32 Å². The van der Waals surface area contributed by atoms with Crippen LogP contribution in [0.2, 0.25) is 0 Å². The molecule has 0 saturated carbocycles. The fourth-order valence-corrected chi connectivity index (χ4v) is 2.59. The highest BCUT2D eigenvalue weighted by Gasteiger charge is 2.24. The van der Waals surface area contributed by atoms with Gasteiger partial charge in [-0.05, 0) is 17.7 Å². The molecule has 0 aromatic heterocycles. The smallest absolute Gasteiger partial charge is 0.407 e. The summed E-state index contributed by atoms with van der Waals surface area (Å²) < 4.78 is 16.3. The molecule has 3 rings (SSSR count). The zero-order valence-electron chi connectivity index (χ0n) is 13.0. The van der Waals surface area contributed by atoms with Crippen molar-refractivity contribution in [2.24, 2.45) is 0 Å². The third-order valence-corrected chi connectivity index (χ3v) is 3.74. The molecular weight excluding hydrogens is 294 g/mol. The molecule has 5 nitrogen and oxygen atoms in total. The van der Waals surface area contributed by atoms with Gasteiger partial charge in [0.2, 0.25) is 0 Å². The van der Waals surface area contributed by atoms with Gasteiger partial charge in [-0.15, -0.1) is 0 Å². The Morgan fingerprint density at radius 3 is 2.83 bits per heavy atom. The van der Waals surface area contributed by atoms with Crippen LogP contribution in [0, 0.1) is 0 Å². The van der Waals surface area contributed by atoms with E-state index in [0.29, 0.717) is 13.0 Å². The Kier molecular flexibility index (Phi) is 4.66. The minimum atomic E-state index is -0.444. The van der Waals surface area contributed by atoms with Gasteiger partial charge in [-0.2, -0.15) is 0 Å². The number of rotatable bonds is 4. The van der Waals surface area contributed by atoms with Crippen LogP contribution in [0.5, 0.6) is 11.5 Å². The summed E-state index contributed by atoms with van der Waals surface area (Å²) in [6.07, 6.45) is 0.209. The van der Waals surface area contributed by atoms with Gasteiger partial charge in [0.05, 0.1) is 13.2 Å². The van der Waals surface area contributed by atoms with E-state index in [1.165, 1.54) is 0 Å². The Hall–Kier alpha value is -2.69. The number of hydrogen-bond donors (Lipinski definition) is 1. The number of alkyl carbamates (subject to hydrolysis) is 1. The van der Waals surface area contributed by atoms with E-state index >= 15 is 0 Å². The van der Waals surface area contributed by atoms with Crippen molar-refractivity contribution in [2.75, 3.05) is 13.7 Å². The number of amides is 1. The number of fused-ring (bicyclic) bond motifs is 1. The highest BCUT2D eigenvalue weighted by Crippen LogP contribution is 2.32. The van der Waals surface area contributed by atoms with Gasteiger partial charge in [-0.3, -0.25) is 0 Å². The maximum absolute atomic E-state index is 11.9. The van der Waals surface area contributed by atoms with Gasteiger partial charge >= 0.3 is 6.09 Å². The number of hydrogen-bond acceptors (Lipinski definition) is 4. The molecule has 120 valence electrons. The maximum atomic E-state index is 11.9. The Bertz CT molecular complexity index is 658. The molecule has 1 aliphatic rings. The lowest BCUT2D eigenvalue weighted by atomic mass is 10.0. The summed E-state index contributed by atoms with van der Waals surface area (Å²) in [5.74, 6) is 1.58. The minimum Gasteiger partial charge on any atom is -0.496 e. The van der Waals surface area contributed by atoms with Gasteiger partial charge in [-0.25, -0.2) is 4.79 Å². The van der Waals surface area contributed by atoms with Gasteiger partial charge in [0, 0.05) is 12.0 Å². The van der Waals surface area contributed by atoms with Crippen LogP contribution in [0.3, 0.4) is 0 Å². The third-order valence-electron chi connectivity index (χ3n) is 3.74. The first kappa shape index (κ1) is 15.2. The number of ether oxygens (including phenoxy) is 3. The summed E-state index contributed by atoms with van der Waals surface area (Å²) in [6, 6.07) is 15.1. The van der Waals surface area contributed by atoms with E-state index in [2.05, 4.69) is 5.32 Å². The molecule has 0 fully saturated rings. The normalized spacial score (nSPS) is 16.0. The van der Waals surface area contributed by atoms with Gasteiger partial charge in [0.25, 0.3) is 0 Å². The Labute approximate surface area is 135 Å². The molecular formula is C18H19NO4. The van der Waals surface area contributed by atoms with Gasteiger partial charge in [0.1, 0.15) is 24.7 Å². The SMILES string of the molecule is COc1cccc2c1C[C@@H](NC(=O)OCc1ccccc1)CO2. The summed E-state index contributed by atoms with van der Waals surface area (Å²) in [4.78, 5) is 11.9. The molecule has 0 unspecified atom stereocenters.